The quantitative estimate of drug-likeness (QED) is 0.549. The van der Waals surface area contributed by atoms with E-state index in [9.17, 15) is 19.5 Å². The zero-order valence-electron chi connectivity index (χ0n) is 13.1. The normalized spacial score (nSPS) is 10.7. The summed E-state index contributed by atoms with van der Waals surface area (Å²) in [4.78, 5) is 33.4. The van der Waals surface area contributed by atoms with Gasteiger partial charge in [-0.3, -0.25) is 4.79 Å². The molecule has 1 rings (SSSR count). The highest BCUT2D eigenvalue weighted by Crippen LogP contribution is 2.31. The number of hydrogen-bond donors (Lipinski definition) is 4. The van der Waals surface area contributed by atoms with Crippen LogP contribution in [-0.2, 0) is 11.3 Å². The molecule has 0 saturated carbocycles. The first-order chi connectivity index (χ1) is 10.8. The monoisotopic (exact) mass is 323 g/mol. The van der Waals surface area contributed by atoms with Crippen molar-refractivity contribution in [3.8, 4) is 0 Å². The lowest BCUT2D eigenvalue weighted by molar-refractivity contribution is -0.136. The molecule has 7 heteroatoms. The van der Waals surface area contributed by atoms with Crippen LogP contribution in [0.4, 0.5) is 0 Å². The minimum atomic E-state index is -1.22. The molecular weight excluding hydrogens is 302 g/mol. The molecule has 7 nitrogen and oxygen atoms in total. The molecule has 0 unspecified atom stereocenters. The van der Waals surface area contributed by atoms with Gasteiger partial charge >= 0.3 is 17.9 Å². The molecule has 0 aliphatic carbocycles. The van der Waals surface area contributed by atoms with Gasteiger partial charge < -0.3 is 20.6 Å². The molecule has 0 aliphatic heterocycles. The first kappa shape index (κ1) is 18.6. The molecule has 0 spiro atoms. The summed E-state index contributed by atoms with van der Waals surface area (Å²) in [5.41, 5.74) is 0.928. The maximum absolute atomic E-state index is 11.6. The van der Waals surface area contributed by atoms with Crippen LogP contribution < -0.4 is 5.32 Å². The third-order valence-electron chi connectivity index (χ3n) is 3.73. The highest BCUT2D eigenvalue weighted by molar-refractivity contribution is 5.95. The van der Waals surface area contributed by atoms with Crippen molar-refractivity contribution in [3.63, 3.8) is 0 Å². The molecule has 1 aromatic rings. The Bertz CT molecular complexity index is 607. The van der Waals surface area contributed by atoms with E-state index in [2.05, 4.69) is 5.32 Å². The van der Waals surface area contributed by atoms with Gasteiger partial charge in [-0.25, -0.2) is 9.59 Å². The third-order valence-corrected chi connectivity index (χ3v) is 3.73. The smallest absolute Gasteiger partial charge is 0.336 e. The van der Waals surface area contributed by atoms with Crippen LogP contribution in [0.3, 0.4) is 0 Å². The van der Waals surface area contributed by atoms with Gasteiger partial charge in [0.2, 0.25) is 0 Å². The lowest BCUT2D eigenvalue weighted by Crippen LogP contribution is -2.24. The number of nitrogens with one attached hydrogen (secondary N) is 1. The van der Waals surface area contributed by atoms with Crippen LogP contribution in [0, 0.1) is 0 Å². The SMILES string of the molecule is CCC(CC)c1c(CNCC(=O)O)cc(C(=O)O)cc1C(=O)O. The zero-order valence-corrected chi connectivity index (χ0v) is 13.1. The van der Waals surface area contributed by atoms with E-state index in [-0.39, 0.29) is 30.1 Å². The lowest BCUT2D eigenvalue weighted by Gasteiger charge is -2.21. The minimum absolute atomic E-state index is 0.0364. The van der Waals surface area contributed by atoms with Crippen molar-refractivity contribution in [2.24, 2.45) is 0 Å². The van der Waals surface area contributed by atoms with Gasteiger partial charge in [-0.1, -0.05) is 13.8 Å². The summed E-state index contributed by atoms with van der Waals surface area (Å²) in [5, 5.41) is 30.0. The van der Waals surface area contributed by atoms with Crippen LogP contribution in [0.15, 0.2) is 12.1 Å². The summed E-state index contributed by atoms with van der Waals surface area (Å²) < 4.78 is 0. The number of hydrogen-bond acceptors (Lipinski definition) is 4. The topological polar surface area (TPSA) is 124 Å². The Morgan fingerprint density at radius 1 is 1.04 bits per heavy atom. The molecule has 0 fully saturated rings. The molecule has 0 saturated heterocycles. The molecular formula is C16H21NO6. The summed E-state index contributed by atoms with van der Waals surface area (Å²) in [7, 11) is 0. The number of aromatic carboxylic acids is 2. The average Bonchev–Trinajstić information content (AvgIpc) is 2.48. The fourth-order valence-electron chi connectivity index (χ4n) is 2.64. The number of benzene rings is 1. The third kappa shape index (κ3) is 4.79. The molecule has 23 heavy (non-hydrogen) atoms. The fraction of sp³-hybridized carbons (Fsp3) is 0.438. The maximum Gasteiger partial charge on any atom is 0.336 e. The van der Waals surface area contributed by atoms with Crippen molar-refractivity contribution < 1.29 is 29.7 Å². The van der Waals surface area contributed by atoms with Crippen LogP contribution in [0.25, 0.3) is 0 Å². The second-order valence-electron chi connectivity index (χ2n) is 5.22. The van der Waals surface area contributed by atoms with Gasteiger partial charge in [0.1, 0.15) is 0 Å². The van der Waals surface area contributed by atoms with E-state index >= 15 is 0 Å². The molecule has 1 aromatic carbocycles. The number of rotatable bonds is 9. The van der Waals surface area contributed by atoms with Crippen molar-refractivity contribution in [1.29, 1.82) is 0 Å². The van der Waals surface area contributed by atoms with E-state index < -0.39 is 17.9 Å². The number of carbonyl (C=O) groups is 3. The van der Waals surface area contributed by atoms with Gasteiger partial charge in [-0.2, -0.15) is 0 Å². The molecule has 0 aromatic heterocycles. The summed E-state index contributed by atoms with van der Waals surface area (Å²) in [6.45, 7) is 3.67. The zero-order chi connectivity index (χ0) is 17.6. The Hall–Kier alpha value is -2.41. The van der Waals surface area contributed by atoms with Crippen molar-refractivity contribution in [3.05, 3.63) is 34.4 Å². The molecule has 0 atom stereocenters. The van der Waals surface area contributed by atoms with Crippen molar-refractivity contribution >= 4 is 17.9 Å². The fourth-order valence-corrected chi connectivity index (χ4v) is 2.64. The maximum atomic E-state index is 11.6. The molecule has 0 amide bonds. The number of carboxylic acids is 3. The average molecular weight is 323 g/mol. The van der Waals surface area contributed by atoms with Gasteiger partial charge in [0.25, 0.3) is 0 Å². The standard InChI is InChI=1S/C16H21NO6/c1-3-9(4-2)14-11(7-17-8-13(18)19)5-10(15(20)21)6-12(14)16(22)23/h5-6,9,17H,3-4,7-8H2,1-2H3,(H,18,19)(H,20,21)(H,22,23). The molecule has 0 radical (unpaired) electrons. The second kappa shape index (κ2) is 8.28. The summed E-state index contributed by atoms with van der Waals surface area (Å²) in [5.74, 6) is -3.48. The predicted molar refractivity (Wildman–Crippen MR) is 83.0 cm³/mol. The van der Waals surface area contributed by atoms with Crippen molar-refractivity contribution in [2.45, 2.75) is 39.2 Å². The predicted octanol–water partition coefficient (Wildman–Crippen LogP) is 2.16. The van der Waals surface area contributed by atoms with E-state index in [4.69, 9.17) is 10.2 Å². The Balaban J connectivity index is 3.42. The molecule has 4 N–H and O–H groups in total. The highest BCUT2D eigenvalue weighted by Gasteiger charge is 2.23. The van der Waals surface area contributed by atoms with Gasteiger partial charge in [0.15, 0.2) is 0 Å². The Kier molecular flexibility index (Phi) is 6.71. The molecule has 0 bridgehead atoms. The number of carboxylic acid groups (broad SMARTS) is 3. The minimum Gasteiger partial charge on any atom is -0.480 e. The van der Waals surface area contributed by atoms with E-state index in [1.165, 1.54) is 12.1 Å². The summed E-state index contributed by atoms with van der Waals surface area (Å²) >= 11 is 0. The largest absolute Gasteiger partial charge is 0.480 e. The Labute approximate surface area is 133 Å². The van der Waals surface area contributed by atoms with Crippen LogP contribution in [0.1, 0.15) is 64.4 Å². The lowest BCUT2D eigenvalue weighted by atomic mass is 9.85. The van der Waals surface area contributed by atoms with Crippen LogP contribution in [0.5, 0.6) is 0 Å². The highest BCUT2D eigenvalue weighted by atomic mass is 16.4. The van der Waals surface area contributed by atoms with Crippen LogP contribution in [0.2, 0.25) is 0 Å². The first-order valence-electron chi connectivity index (χ1n) is 7.37. The van der Waals surface area contributed by atoms with E-state index in [0.29, 0.717) is 24.0 Å². The van der Waals surface area contributed by atoms with Crippen LogP contribution in [-0.4, -0.2) is 39.8 Å². The van der Waals surface area contributed by atoms with Gasteiger partial charge in [-0.15, -0.1) is 0 Å². The Morgan fingerprint density at radius 3 is 2.09 bits per heavy atom. The second-order valence-corrected chi connectivity index (χ2v) is 5.22. The van der Waals surface area contributed by atoms with E-state index in [0.717, 1.165) is 0 Å². The molecule has 126 valence electrons. The molecule has 0 heterocycles. The van der Waals surface area contributed by atoms with Gasteiger partial charge in [-0.05, 0) is 42.0 Å². The van der Waals surface area contributed by atoms with Gasteiger partial charge in [0, 0.05) is 6.54 Å². The van der Waals surface area contributed by atoms with E-state index in [1.807, 2.05) is 13.8 Å². The first-order valence-corrected chi connectivity index (χ1v) is 7.37. The summed E-state index contributed by atoms with van der Waals surface area (Å²) in [6.07, 6.45) is 1.41. The molecule has 0 aliphatic rings. The van der Waals surface area contributed by atoms with Crippen molar-refractivity contribution in [2.75, 3.05) is 6.54 Å². The summed E-state index contributed by atoms with van der Waals surface area (Å²) in [6, 6.07) is 2.58. The Morgan fingerprint density at radius 2 is 1.65 bits per heavy atom. The van der Waals surface area contributed by atoms with E-state index in [1.54, 1.807) is 0 Å². The van der Waals surface area contributed by atoms with Gasteiger partial charge in [0.05, 0.1) is 17.7 Å². The van der Waals surface area contributed by atoms with Crippen LogP contribution >= 0.6 is 0 Å². The number of aliphatic carboxylic acids is 1. The van der Waals surface area contributed by atoms with Crippen molar-refractivity contribution in [1.82, 2.24) is 5.32 Å².